The molecule has 0 aliphatic rings. The fourth-order valence-corrected chi connectivity index (χ4v) is 8.68. The summed E-state index contributed by atoms with van der Waals surface area (Å²) < 4.78 is 2.65. The Hall–Kier alpha value is -6.48. The minimum absolute atomic E-state index is 1.12. The predicted molar refractivity (Wildman–Crippen MR) is 225 cm³/mol. The Morgan fingerprint density at radius 3 is 1.54 bits per heavy atom. The molecule has 2 heteroatoms. The number of hydrogen-bond donors (Lipinski definition) is 0. The number of thiophene rings is 1. The zero-order valence-corrected chi connectivity index (χ0v) is 29.2. The van der Waals surface area contributed by atoms with Crippen LogP contribution >= 0.6 is 11.3 Å². The number of fused-ring (bicyclic) bond motifs is 5. The van der Waals surface area contributed by atoms with Crippen molar-refractivity contribution in [2.75, 3.05) is 4.90 Å². The van der Waals surface area contributed by atoms with E-state index in [4.69, 9.17) is 0 Å². The molecule has 10 rings (SSSR count). The Bertz CT molecular complexity index is 2900. The first kappa shape index (κ1) is 30.4. The molecular formula is C50H33NS. The third-order valence-corrected chi connectivity index (χ3v) is 11.3. The molecule has 52 heavy (non-hydrogen) atoms. The maximum atomic E-state index is 2.35. The minimum Gasteiger partial charge on any atom is -0.310 e. The topological polar surface area (TPSA) is 3.24 Å². The van der Waals surface area contributed by atoms with E-state index in [-0.39, 0.29) is 0 Å². The highest BCUT2D eigenvalue weighted by Gasteiger charge is 2.15. The Kier molecular flexibility index (Phi) is 7.41. The van der Waals surface area contributed by atoms with E-state index in [2.05, 4.69) is 205 Å². The van der Waals surface area contributed by atoms with E-state index >= 15 is 0 Å². The van der Waals surface area contributed by atoms with E-state index in [1.54, 1.807) is 0 Å². The van der Waals surface area contributed by atoms with E-state index in [9.17, 15) is 0 Å². The molecule has 0 aliphatic carbocycles. The molecule has 0 bridgehead atoms. The second-order valence-electron chi connectivity index (χ2n) is 13.4. The van der Waals surface area contributed by atoms with Crippen LogP contribution in [0.1, 0.15) is 0 Å². The smallest absolute Gasteiger partial charge is 0.0467 e. The normalized spacial score (nSPS) is 11.5. The van der Waals surface area contributed by atoms with Crippen molar-refractivity contribution >= 4 is 70.1 Å². The fraction of sp³-hybridized carbons (Fsp3) is 0. The molecule has 1 heterocycles. The summed E-state index contributed by atoms with van der Waals surface area (Å²) in [5.74, 6) is 0. The van der Waals surface area contributed by atoms with Crippen molar-refractivity contribution in [1.29, 1.82) is 0 Å². The van der Waals surface area contributed by atoms with Gasteiger partial charge in [-0.05, 0) is 122 Å². The lowest BCUT2D eigenvalue weighted by Gasteiger charge is -2.26. The molecule has 0 N–H and O–H groups in total. The molecule has 10 aromatic rings. The number of hydrogen-bond acceptors (Lipinski definition) is 2. The standard InChI is InChI=1S/C50H33NS/c1-2-12-44(13-3-1)51(46-14-8-11-37(32-46)43-25-28-48-47-15-6-7-16-49(47)52-50(48)33-43)45-26-23-35(24-27-45)38-19-20-41-31-42(22-21-40(41)30-38)39-18-17-34-9-4-5-10-36(34)29-39/h1-33H. The van der Waals surface area contributed by atoms with Gasteiger partial charge in [0.25, 0.3) is 0 Å². The molecule has 1 nitrogen and oxygen atoms in total. The van der Waals surface area contributed by atoms with Gasteiger partial charge in [0, 0.05) is 37.2 Å². The lowest BCUT2D eigenvalue weighted by molar-refractivity contribution is 1.28. The summed E-state index contributed by atoms with van der Waals surface area (Å²) in [7, 11) is 0. The number of anilines is 3. The van der Waals surface area contributed by atoms with Crippen LogP contribution in [0.3, 0.4) is 0 Å². The van der Waals surface area contributed by atoms with Crippen LogP contribution in [0.2, 0.25) is 0 Å². The van der Waals surface area contributed by atoms with E-state index in [0.29, 0.717) is 0 Å². The molecule has 0 saturated carbocycles. The summed E-state index contributed by atoms with van der Waals surface area (Å²) in [6, 6.07) is 73.0. The lowest BCUT2D eigenvalue weighted by Crippen LogP contribution is -2.09. The molecule has 0 spiro atoms. The monoisotopic (exact) mass is 679 g/mol. The van der Waals surface area contributed by atoms with Gasteiger partial charge in [0.1, 0.15) is 0 Å². The summed E-state index contributed by atoms with van der Waals surface area (Å²) in [5.41, 5.74) is 10.7. The Morgan fingerprint density at radius 2 is 0.769 bits per heavy atom. The van der Waals surface area contributed by atoms with Gasteiger partial charge in [-0.3, -0.25) is 0 Å². The number of nitrogens with zero attached hydrogens (tertiary/aromatic N) is 1. The summed E-state index contributed by atoms with van der Waals surface area (Å²) in [6.45, 7) is 0. The molecule has 0 unspecified atom stereocenters. The van der Waals surface area contributed by atoms with E-state index in [1.165, 1.54) is 75.1 Å². The third kappa shape index (κ3) is 5.51. The van der Waals surface area contributed by atoms with E-state index in [1.807, 2.05) is 11.3 Å². The average Bonchev–Trinajstić information content (AvgIpc) is 3.59. The highest BCUT2D eigenvalue weighted by molar-refractivity contribution is 7.25. The lowest BCUT2D eigenvalue weighted by atomic mass is 9.96. The molecule has 0 saturated heterocycles. The quantitative estimate of drug-likeness (QED) is 0.169. The highest BCUT2D eigenvalue weighted by Crippen LogP contribution is 2.40. The zero-order valence-electron chi connectivity index (χ0n) is 28.4. The van der Waals surface area contributed by atoms with Gasteiger partial charge in [-0.15, -0.1) is 11.3 Å². The van der Waals surface area contributed by atoms with Gasteiger partial charge < -0.3 is 4.90 Å². The molecule has 9 aromatic carbocycles. The van der Waals surface area contributed by atoms with Crippen LogP contribution in [0.15, 0.2) is 200 Å². The van der Waals surface area contributed by atoms with Crippen LogP contribution in [-0.2, 0) is 0 Å². The first-order valence-electron chi connectivity index (χ1n) is 17.7. The maximum absolute atomic E-state index is 2.35. The number of rotatable bonds is 6. The fourth-order valence-electron chi connectivity index (χ4n) is 7.53. The first-order chi connectivity index (χ1) is 25.7. The molecule has 0 amide bonds. The van der Waals surface area contributed by atoms with Crippen molar-refractivity contribution in [3.05, 3.63) is 200 Å². The van der Waals surface area contributed by atoms with Gasteiger partial charge in [-0.25, -0.2) is 0 Å². The highest BCUT2D eigenvalue weighted by atomic mass is 32.1. The first-order valence-corrected chi connectivity index (χ1v) is 18.6. The number of benzene rings is 9. The van der Waals surface area contributed by atoms with Gasteiger partial charge in [0.05, 0.1) is 0 Å². The van der Waals surface area contributed by atoms with Crippen molar-refractivity contribution < 1.29 is 0 Å². The third-order valence-electron chi connectivity index (χ3n) is 10.2. The molecule has 1 aromatic heterocycles. The largest absolute Gasteiger partial charge is 0.310 e. The van der Waals surface area contributed by atoms with Crippen LogP contribution in [0.25, 0.3) is 75.1 Å². The van der Waals surface area contributed by atoms with Crippen LogP contribution in [0, 0.1) is 0 Å². The Balaban J connectivity index is 0.970. The second kappa shape index (κ2) is 12.7. The summed E-state index contributed by atoms with van der Waals surface area (Å²) in [5, 5.41) is 7.67. The number of para-hydroxylation sites is 1. The summed E-state index contributed by atoms with van der Waals surface area (Å²) in [4.78, 5) is 2.35. The molecular weight excluding hydrogens is 647 g/mol. The Morgan fingerprint density at radius 1 is 0.269 bits per heavy atom. The van der Waals surface area contributed by atoms with E-state index < -0.39 is 0 Å². The van der Waals surface area contributed by atoms with Crippen LogP contribution in [0.4, 0.5) is 17.1 Å². The predicted octanol–water partition coefficient (Wildman–Crippen LogP) is 14.8. The SMILES string of the molecule is c1ccc(N(c2ccc(-c3ccc4cc(-c5ccc6ccccc6c5)ccc4c3)cc2)c2cccc(-c3ccc4c(c3)sc3ccccc34)c2)cc1. The second-order valence-corrected chi connectivity index (χ2v) is 14.5. The van der Waals surface area contributed by atoms with Gasteiger partial charge in [0.15, 0.2) is 0 Å². The zero-order chi connectivity index (χ0) is 34.4. The van der Waals surface area contributed by atoms with Crippen molar-refractivity contribution in [2.45, 2.75) is 0 Å². The van der Waals surface area contributed by atoms with Crippen molar-refractivity contribution in [3.63, 3.8) is 0 Å². The summed E-state index contributed by atoms with van der Waals surface area (Å²) in [6.07, 6.45) is 0. The van der Waals surface area contributed by atoms with Gasteiger partial charge in [-0.1, -0.05) is 133 Å². The van der Waals surface area contributed by atoms with Crippen LogP contribution in [0.5, 0.6) is 0 Å². The maximum Gasteiger partial charge on any atom is 0.0467 e. The molecule has 0 aliphatic heterocycles. The Labute approximate surface area is 307 Å². The van der Waals surface area contributed by atoms with Crippen LogP contribution < -0.4 is 4.90 Å². The molecule has 0 atom stereocenters. The average molecular weight is 680 g/mol. The summed E-state index contributed by atoms with van der Waals surface area (Å²) >= 11 is 1.86. The van der Waals surface area contributed by atoms with Crippen molar-refractivity contribution in [1.82, 2.24) is 0 Å². The van der Waals surface area contributed by atoms with E-state index in [0.717, 1.165) is 17.1 Å². The van der Waals surface area contributed by atoms with Gasteiger partial charge in [0.2, 0.25) is 0 Å². The van der Waals surface area contributed by atoms with Gasteiger partial charge >= 0.3 is 0 Å². The van der Waals surface area contributed by atoms with Gasteiger partial charge in [-0.2, -0.15) is 0 Å². The molecule has 0 radical (unpaired) electrons. The van der Waals surface area contributed by atoms with Crippen molar-refractivity contribution in [2.24, 2.45) is 0 Å². The van der Waals surface area contributed by atoms with Crippen LogP contribution in [-0.4, -0.2) is 0 Å². The van der Waals surface area contributed by atoms with Crippen molar-refractivity contribution in [3.8, 4) is 33.4 Å². The molecule has 0 fully saturated rings. The minimum atomic E-state index is 1.12. The molecule has 244 valence electrons.